The van der Waals surface area contributed by atoms with Crippen molar-refractivity contribution in [1.82, 2.24) is 0 Å². The second kappa shape index (κ2) is 15.1. The maximum absolute atomic E-state index is 10.0. The normalized spacial score (nSPS) is 11.6. The Bertz CT molecular complexity index is 701. The third-order valence-electron chi connectivity index (χ3n) is 5.95. The van der Waals surface area contributed by atoms with Crippen LogP contribution in [0.3, 0.4) is 0 Å². The molecule has 0 aromatic heterocycles. The molecule has 0 aliphatic rings. The molecule has 1 heteroatoms. The topological polar surface area (TPSA) is 20.2 Å². The molecule has 0 aliphatic heterocycles. The van der Waals surface area contributed by atoms with Crippen LogP contribution in [-0.2, 0) is 6.42 Å². The quantitative estimate of drug-likeness (QED) is 0.222. The van der Waals surface area contributed by atoms with Crippen LogP contribution in [-0.4, -0.2) is 5.11 Å². The minimum Gasteiger partial charge on any atom is -0.507 e. The van der Waals surface area contributed by atoms with E-state index in [2.05, 4.69) is 37.3 Å². The molecule has 0 aliphatic carbocycles. The average molecular weight is 395 g/mol. The lowest BCUT2D eigenvalue weighted by Gasteiger charge is -2.08. The van der Waals surface area contributed by atoms with Gasteiger partial charge in [-0.15, -0.1) is 0 Å². The maximum atomic E-state index is 10.0. The van der Waals surface area contributed by atoms with Gasteiger partial charge in [0.2, 0.25) is 0 Å². The second-order valence-electron chi connectivity index (χ2n) is 8.48. The summed E-state index contributed by atoms with van der Waals surface area (Å²) < 4.78 is 0. The van der Waals surface area contributed by atoms with E-state index in [0.717, 1.165) is 11.8 Å². The van der Waals surface area contributed by atoms with Gasteiger partial charge in [-0.2, -0.15) is 0 Å². The number of allylic oxidation sites excluding steroid dienone is 2. The summed E-state index contributed by atoms with van der Waals surface area (Å²) in [7, 11) is 0. The maximum Gasteiger partial charge on any atom is 0.123 e. The van der Waals surface area contributed by atoms with Crippen LogP contribution < -0.4 is 0 Å². The van der Waals surface area contributed by atoms with Crippen LogP contribution in [0.5, 0.6) is 5.75 Å². The number of phenolic OH excluding ortho intramolecular Hbond substituents is 1. The summed E-state index contributed by atoms with van der Waals surface area (Å²) in [6.45, 7) is 2.28. The van der Waals surface area contributed by atoms with Gasteiger partial charge >= 0.3 is 0 Å². The van der Waals surface area contributed by atoms with E-state index in [1.165, 1.54) is 101 Å². The van der Waals surface area contributed by atoms with Gasteiger partial charge in [0.1, 0.15) is 5.75 Å². The molecule has 0 fully saturated rings. The fourth-order valence-electron chi connectivity index (χ4n) is 4.13. The first kappa shape index (κ1) is 23.5. The highest BCUT2D eigenvalue weighted by atomic mass is 16.3. The van der Waals surface area contributed by atoms with Gasteiger partial charge < -0.3 is 5.11 Å². The van der Waals surface area contributed by atoms with Crippen molar-refractivity contribution in [2.24, 2.45) is 0 Å². The molecule has 160 valence electrons. The Morgan fingerprint density at radius 1 is 0.621 bits per heavy atom. The number of hydrogen-bond donors (Lipinski definition) is 1. The van der Waals surface area contributed by atoms with E-state index in [-0.39, 0.29) is 0 Å². The molecule has 1 nitrogen and oxygen atoms in total. The zero-order chi connectivity index (χ0) is 20.6. The molecule has 2 aromatic carbocycles. The molecule has 0 spiro atoms. The van der Waals surface area contributed by atoms with Crippen LogP contribution in [0.15, 0.2) is 48.6 Å². The summed E-state index contributed by atoms with van der Waals surface area (Å²) in [5.41, 5.74) is 1.37. The Morgan fingerprint density at radius 3 is 1.83 bits per heavy atom. The number of hydrogen-bond acceptors (Lipinski definition) is 1. The summed E-state index contributed by atoms with van der Waals surface area (Å²) >= 11 is 0. The van der Waals surface area contributed by atoms with Gasteiger partial charge in [0, 0.05) is 5.39 Å². The molecule has 1 N–H and O–H groups in total. The zero-order valence-corrected chi connectivity index (χ0v) is 18.7. The summed E-state index contributed by atoms with van der Waals surface area (Å²) in [5, 5.41) is 12.2. The highest BCUT2D eigenvalue weighted by Gasteiger charge is 2.04. The molecule has 29 heavy (non-hydrogen) atoms. The second-order valence-corrected chi connectivity index (χ2v) is 8.48. The highest BCUT2D eigenvalue weighted by Crippen LogP contribution is 2.28. The minimum atomic E-state index is 0.394. The van der Waals surface area contributed by atoms with Crippen molar-refractivity contribution in [3.05, 3.63) is 54.1 Å². The van der Waals surface area contributed by atoms with Crippen LogP contribution >= 0.6 is 0 Å². The molecule has 0 atom stereocenters. The van der Waals surface area contributed by atoms with E-state index in [1.54, 1.807) is 0 Å². The van der Waals surface area contributed by atoms with Crippen LogP contribution in [0.1, 0.15) is 102 Å². The first-order valence-corrected chi connectivity index (χ1v) is 12.2. The number of phenols is 1. The Labute approximate surface area is 179 Å². The Morgan fingerprint density at radius 2 is 1.17 bits per heavy atom. The third kappa shape index (κ3) is 9.52. The average Bonchev–Trinajstić information content (AvgIpc) is 2.75. The lowest BCUT2D eigenvalue weighted by atomic mass is 9.98. The Kier molecular flexibility index (Phi) is 12.3. The van der Waals surface area contributed by atoms with Crippen molar-refractivity contribution in [3.8, 4) is 5.75 Å². The fourth-order valence-corrected chi connectivity index (χ4v) is 4.13. The molecule has 0 radical (unpaired) electrons. The lowest BCUT2D eigenvalue weighted by Crippen LogP contribution is -1.89. The monoisotopic (exact) mass is 394 g/mol. The van der Waals surface area contributed by atoms with Gasteiger partial charge in [-0.3, -0.25) is 0 Å². The van der Waals surface area contributed by atoms with E-state index in [4.69, 9.17) is 0 Å². The number of unbranched alkanes of at least 4 members (excludes halogenated alkanes) is 12. The van der Waals surface area contributed by atoms with E-state index >= 15 is 0 Å². The van der Waals surface area contributed by atoms with Crippen molar-refractivity contribution in [1.29, 1.82) is 0 Å². The molecular formula is C28H42O. The molecule has 2 aromatic rings. The van der Waals surface area contributed by atoms with Crippen LogP contribution in [0.4, 0.5) is 0 Å². The first-order chi connectivity index (χ1) is 14.3. The zero-order valence-electron chi connectivity index (χ0n) is 18.7. The van der Waals surface area contributed by atoms with Crippen LogP contribution in [0.25, 0.3) is 10.8 Å². The standard InChI is InChI=1S/C28H42O/c1-2-3-4-5-6-7-8-9-10-11-12-13-14-15-16-17-20-25-23-24-28(29)27-22-19-18-21-26(25)27/h9-10,18-19,21-24,29H,2-8,11-17,20H2,1H3/b10-9-. The Balaban J connectivity index is 1.45. The molecule has 0 saturated heterocycles. The van der Waals surface area contributed by atoms with Gasteiger partial charge in [-0.25, -0.2) is 0 Å². The largest absolute Gasteiger partial charge is 0.507 e. The molecule has 0 bridgehead atoms. The number of benzene rings is 2. The lowest BCUT2D eigenvalue weighted by molar-refractivity contribution is 0.481. The summed E-state index contributed by atoms with van der Waals surface area (Å²) in [6.07, 6.45) is 24.8. The fraction of sp³-hybridized carbons (Fsp3) is 0.571. The molecule has 2 rings (SSSR count). The SMILES string of the molecule is CCCCCCCC/C=C\CCCCCCCCc1ccc(O)c2ccccc12. The van der Waals surface area contributed by atoms with Gasteiger partial charge in [0.05, 0.1) is 0 Å². The van der Waals surface area contributed by atoms with Crippen molar-refractivity contribution in [2.75, 3.05) is 0 Å². The van der Waals surface area contributed by atoms with Gasteiger partial charge in [0.25, 0.3) is 0 Å². The third-order valence-corrected chi connectivity index (χ3v) is 5.95. The van der Waals surface area contributed by atoms with Crippen LogP contribution in [0, 0.1) is 0 Å². The Hall–Kier alpha value is -1.76. The van der Waals surface area contributed by atoms with Crippen molar-refractivity contribution >= 4 is 10.8 Å². The number of aryl methyl sites for hydroxylation is 1. The first-order valence-electron chi connectivity index (χ1n) is 12.2. The van der Waals surface area contributed by atoms with E-state index in [9.17, 15) is 5.11 Å². The number of fused-ring (bicyclic) bond motifs is 1. The van der Waals surface area contributed by atoms with Crippen molar-refractivity contribution in [3.63, 3.8) is 0 Å². The summed E-state index contributed by atoms with van der Waals surface area (Å²) in [5.74, 6) is 0.394. The van der Waals surface area contributed by atoms with Gasteiger partial charge in [-0.1, -0.05) is 107 Å². The van der Waals surface area contributed by atoms with Crippen molar-refractivity contribution < 1.29 is 5.11 Å². The van der Waals surface area contributed by atoms with E-state index in [0.29, 0.717) is 5.75 Å². The number of aromatic hydroxyl groups is 1. The number of rotatable bonds is 16. The summed E-state index contributed by atoms with van der Waals surface area (Å²) in [6, 6.07) is 12.1. The molecule has 0 heterocycles. The molecule has 0 amide bonds. The van der Waals surface area contributed by atoms with Crippen molar-refractivity contribution in [2.45, 2.75) is 103 Å². The smallest absolute Gasteiger partial charge is 0.123 e. The highest BCUT2D eigenvalue weighted by molar-refractivity contribution is 5.90. The van der Waals surface area contributed by atoms with Crippen LogP contribution in [0.2, 0.25) is 0 Å². The van der Waals surface area contributed by atoms with E-state index in [1.807, 2.05) is 18.2 Å². The molecule has 0 saturated carbocycles. The van der Waals surface area contributed by atoms with Gasteiger partial charge in [-0.05, 0) is 55.5 Å². The summed E-state index contributed by atoms with van der Waals surface area (Å²) in [4.78, 5) is 0. The minimum absolute atomic E-state index is 0.394. The molecule has 0 unspecified atom stereocenters. The molecular weight excluding hydrogens is 352 g/mol. The predicted octanol–water partition coefficient (Wildman–Crippen LogP) is 9.13. The van der Waals surface area contributed by atoms with Gasteiger partial charge in [0.15, 0.2) is 0 Å². The predicted molar refractivity (Wildman–Crippen MR) is 129 cm³/mol. The van der Waals surface area contributed by atoms with E-state index < -0.39 is 0 Å².